The van der Waals surface area contributed by atoms with Crippen molar-refractivity contribution in [1.29, 1.82) is 0 Å². The van der Waals surface area contributed by atoms with Crippen molar-refractivity contribution in [3.63, 3.8) is 0 Å². The van der Waals surface area contributed by atoms with Gasteiger partial charge >= 0.3 is 5.69 Å². The van der Waals surface area contributed by atoms with Gasteiger partial charge in [-0.3, -0.25) is 4.57 Å². The van der Waals surface area contributed by atoms with Crippen molar-refractivity contribution in [3.05, 3.63) is 58.0 Å². The van der Waals surface area contributed by atoms with E-state index in [1.807, 2.05) is 44.2 Å². The number of nitrogens with zero attached hydrogens (tertiary/aromatic N) is 2. The van der Waals surface area contributed by atoms with Gasteiger partial charge in [0, 0.05) is 29.5 Å². The molecule has 0 aliphatic carbocycles. The lowest BCUT2D eigenvalue weighted by Crippen LogP contribution is -2.25. The van der Waals surface area contributed by atoms with Crippen LogP contribution in [-0.4, -0.2) is 16.2 Å². The summed E-state index contributed by atoms with van der Waals surface area (Å²) in [5.41, 5.74) is 4.77. The Balaban J connectivity index is 2.09. The average Bonchev–Trinajstić information content (AvgIpc) is 3.00. The van der Waals surface area contributed by atoms with Crippen LogP contribution in [0.5, 0.6) is 5.75 Å². The third-order valence-corrected chi connectivity index (χ3v) is 4.58. The van der Waals surface area contributed by atoms with Crippen LogP contribution in [0.4, 0.5) is 0 Å². The zero-order valence-electron chi connectivity index (χ0n) is 14.2. The molecule has 0 saturated heterocycles. The number of hydrogen-bond donors (Lipinski definition) is 0. The van der Waals surface area contributed by atoms with Gasteiger partial charge in [0.2, 0.25) is 0 Å². The minimum atomic E-state index is -0.217. The topological polar surface area (TPSA) is 44.1 Å². The van der Waals surface area contributed by atoms with Crippen molar-refractivity contribution >= 4 is 10.9 Å². The van der Waals surface area contributed by atoms with E-state index in [1.54, 1.807) is 4.57 Å². The molecule has 2 aromatic carbocycles. The van der Waals surface area contributed by atoms with Gasteiger partial charge in [-0.1, -0.05) is 29.8 Å². The zero-order valence-corrected chi connectivity index (χ0v) is 14.2. The highest BCUT2D eigenvalue weighted by molar-refractivity contribution is 5.94. The molecule has 4 nitrogen and oxygen atoms in total. The zero-order chi connectivity index (χ0) is 16.8. The SMILES string of the molecule is Cc1ccc(-c2nc(=O)n(C(C)C)c3cc4c(cc23)CCO4)cc1. The summed E-state index contributed by atoms with van der Waals surface area (Å²) in [6.07, 6.45) is 0.902. The largest absolute Gasteiger partial charge is 0.493 e. The molecule has 1 aliphatic rings. The molecule has 0 unspecified atom stereocenters. The van der Waals surface area contributed by atoms with E-state index in [4.69, 9.17) is 4.74 Å². The highest BCUT2D eigenvalue weighted by Crippen LogP contribution is 2.34. The second-order valence-electron chi connectivity index (χ2n) is 6.65. The summed E-state index contributed by atoms with van der Waals surface area (Å²) in [6, 6.07) is 12.3. The number of hydrogen-bond acceptors (Lipinski definition) is 3. The van der Waals surface area contributed by atoms with Crippen molar-refractivity contribution in [2.24, 2.45) is 0 Å². The molecule has 24 heavy (non-hydrogen) atoms. The molecule has 4 rings (SSSR count). The normalized spacial score (nSPS) is 13.3. The van der Waals surface area contributed by atoms with Gasteiger partial charge in [0.25, 0.3) is 0 Å². The highest BCUT2D eigenvalue weighted by Gasteiger charge is 2.19. The van der Waals surface area contributed by atoms with Crippen LogP contribution < -0.4 is 10.4 Å². The van der Waals surface area contributed by atoms with Gasteiger partial charge in [0.1, 0.15) is 5.75 Å². The molecule has 1 aliphatic heterocycles. The van der Waals surface area contributed by atoms with Crippen LogP contribution in [0, 0.1) is 6.92 Å². The Morgan fingerprint density at radius 1 is 1.17 bits per heavy atom. The number of aromatic nitrogens is 2. The van der Waals surface area contributed by atoms with Crippen molar-refractivity contribution in [2.45, 2.75) is 33.2 Å². The second kappa shape index (κ2) is 5.48. The molecule has 0 bridgehead atoms. The molecular weight excluding hydrogens is 300 g/mol. The van der Waals surface area contributed by atoms with Crippen LogP contribution in [0.15, 0.2) is 41.2 Å². The number of ether oxygens (including phenoxy) is 1. The summed E-state index contributed by atoms with van der Waals surface area (Å²) in [6.45, 7) is 6.76. The lowest BCUT2D eigenvalue weighted by Gasteiger charge is -2.16. The van der Waals surface area contributed by atoms with E-state index < -0.39 is 0 Å². The molecular formula is C20H20N2O2. The second-order valence-corrected chi connectivity index (χ2v) is 6.65. The molecule has 2 heterocycles. The summed E-state index contributed by atoms with van der Waals surface area (Å²) in [5.74, 6) is 0.886. The van der Waals surface area contributed by atoms with E-state index in [9.17, 15) is 4.79 Å². The quantitative estimate of drug-likeness (QED) is 0.719. The molecule has 0 radical (unpaired) electrons. The lowest BCUT2D eigenvalue weighted by atomic mass is 10.0. The Morgan fingerprint density at radius 2 is 1.92 bits per heavy atom. The average molecular weight is 320 g/mol. The van der Waals surface area contributed by atoms with Crippen LogP contribution in [0.1, 0.15) is 31.0 Å². The number of aryl methyl sites for hydroxylation is 1. The maximum atomic E-state index is 12.6. The summed E-state index contributed by atoms with van der Waals surface area (Å²) in [4.78, 5) is 17.1. The highest BCUT2D eigenvalue weighted by atomic mass is 16.5. The van der Waals surface area contributed by atoms with E-state index in [0.29, 0.717) is 6.61 Å². The van der Waals surface area contributed by atoms with Crippen molar-refractivity contribution in [2.75, 3.05) is 6.61 Å². The van der Waals surface area contributed by atoms with Gasteiger partial charge in [-0.05, 0) is 32.4 Å². The van der Waals surface area contributed by atoms with Gasteiger partial charge in [0.05, 0.1) is 17.8 Å². The fourth-order valence-corrected chi connectivity index (χ4v) is 3.35. The third-order valence-electron chi connectivity index (χ3n) is 4.58. The minimum Gasteiger partial charge on any atom is -0.493 e. The lowest BCUT2D eigenvalue weighted by molar-refractivity contribution is 0.357. The molecule has 4 heteroatoms. The van der Waals surface area contributed by atoms with Gasteiger partial charge < -0.3 is 4.74 Å². The van der Waals surface area contributed by atoms with E-state index >= 15 is 0 Å². The Bertz CT molecular complexity index is 985. The Kier molecular flexibility index (Phi) is 3.41. The van der Waals surface area contributed by atoms with Crippen LogP contribution in [0.3, 0.4) is 0 Å². The van der Waals surface area contributed by atoms with E-state index in [1.165, 1.54) is 11.1 Å². The predicted molar refractivity (Wildman–Crippen MR) is 95.8 cm³/mol. The molecule has 3 aromatic rings. The molecule has 0 N–H and O–H groups in total. The fraction of sp³-hybridized carbons (Fsp3) is 0.300. The van der Waals surface area contributed by atoms with Crippen molar-refractivity contribution in [3.8, 4) is 17.0 Å². The van der Waals surface area contributed by atoms with E-state index in [2.05, 4.69) is 18.0 Å². The predicted octanol–water partition coefficient (Wildman–Crippen LogP) is 3.89. The van der Waals surface area contributed by atoms with E-state index in [-0.39, 0.29) is 11.7 Å². The first-order valence-corrected chi connectivity index (χ1v) is 8.33. The smallest absolute Gasteiger partial charge is 0.348 e. The van der Waals surface area contributed by atoms with Crippen LogP contribution in [0.2, 0.25) is 0 Å². The van der Waals surface area contributed by atoms with Gasteiger partial charge in [0.15, 0.2) is 0 Å². The van der Waals surface area contributed by atoms with Crippen LogP contribution in [-0.2, 0) is 6.42 Å². The van der Waals surface area contributed by atoms with Gasteiger partial charge in [-0.2, -0.15) is 4.98 Å². The minimum absolute atomic E-state index is 0.0408. The van der Waals surface area contributed by atoms with Gasteiger partial charge in [-0.25, -0.2) is 4.79 Å². The Labute approximate surface area is 140 Å². The van der Waals surface area contributed by atoms with Crippen molar-refractivity contribution in [1.82, 2.24) is 9.55 Å². The van der Waals surface area contributed by atoms with Crippen LogP contribution in [0.25, 0.3) is 22.2 Å². The van der Waals surface area contributed by atoms with Crippen molar-refractivity contribution < 1.29 is 4.74 Å². The first-order valence-electron chi connectivity index (χ1n) is 8.33. The summed E-state index contributed by atoms with van der Waals surface area (Å²) < 4.78 is 7.45. The van der Waals surface area contributed by atoms with Gasteiger partial charge in [-0.15, -0.1) is 0 Å². The number of fused-ring (bicyclic) bond motifs is 2. The molecule has 0 fully saturated rings. The molecule has 0 amide bonds. The maximum absolute atomic E-state index is 12.6. The summed E-state index contributed by atoms with van der Waals surface area (Å²) in [5, 5.41) is 1.01. The molecule has 0 spiro atoms. The number of rotatable bonds is 2. The first-order chi connectivity index (χ1) is 11.5. The monoisotopic (exact) mass is 320 g/mol. The maximum Gasteiger partial charge on any atom is 0.348 e. The van der Waals surface area contributed by atoms with E-state index in [0.717, 1.165) is 34.3 Å². The first kappa shape index (κ1) is 14.9. The summed E-state index contributed by atoms with van der Waals surface area (Å²) in [7, 11) is 0. The Morgan fingerprint density at radius 3 is 2.62 bits per heavy atom. The standard InChI is InChI=1S/C20H20N2O2/c1-12(2)22-17-11-18-15(8-9-24-18)10-16(17)19(21-20(22)23)14-6-4-13(3)5-7-14/h4-7,10-12H,8-9H2,1-3H3. The fourth-order valence-electron chi connectivity index (χ4n) is 3.35. The molecule has 122 valence electrons. The molecule has 1 aromatic heterocycles. The third kappa shape index (κ3) is 2.30. The molecule has 0 atom stereocenters. The molecule has 0 saturated carbocycles. The Hall–Kier alpha value is -2.62. The summed E-state index contributed by atoms with van der Waals surface area (Å²) >= 11 is 0. The number of benzene rings is 2. The van der Waals surface area contributed by atoms with Crippen LogP contribution >= 0.6 is 0 Å².